The lowest BCUT2D eigenvalue weighted by atomic mass is 10.00. The standard InChI is InChI=1S/C18H17F6N/c1-11-2-7-16(25(11)9-8-12-3-4-12)14-10-13(17(19,20)21)5-6-15(14)18(22,23)24/h2,5-7,10,12H,3-4,8-9H2,1H3. The summed E-state index contributed by atoms with van der Waals surface area (Å²) in [6, 6.07) is 4.71. The van der Waals surface area contributed by atoms with Gasteiger partial charge in [-0.2, -0.15) is 26.3 Å². The van der Waals surface area contributed by atoms with Crippen LogP contribution >= 0.6 is 0 Å². The molecule has 25 heavy (non-hydrogen) atoms. The fourth-order valence-corrected chi connectivity index (χ4v) is 3.00. The zero-order valence-electron chi connectivity index (χ0n) is 13.5. The fraction of sp³-hybridized carbons (Fsp3) is 0.444. The highest BCUT2D eigenvalue weighted by Gasteiger charge is 2.38. The Bertz CT molecular complexity index is 765. The summed E-state index contributed by atoms with van der Waals surface area (Å²) in [7, 11) is 0. The Labute approximate surface area is 141 Å². The van der Waals surface area contributed by atoms with Gasteiger partial charge in [0.05, 0.1) is 11.1 Å². The van der Waals surface area contributed by atoms with Crippen molar-refractivity contribution in [2.45, 2.75) is 45.1 Å². The summed E-state index contributed by atoms with van der Waals surface area (Å²) in [6.07, 6.45) is -6.39. The van der Waals surface area contributed by atoms with E-state index in [1.165, 1.54) is 6.07 Å². The third-order valence-electron chi connectivity index (χ3n) is 4.59. The van der Waals surface area contributed by atoms with E-state index in [2.05, 4.69) is 0 Å². The van der Waals surface area contributed by atoms with E-state index in [1.807, 2.05) is 0 Å². The van der Waals surface area contributed by atoms with Gasteiger partial charge in [0.2, 0.25) is 0 Å². The van der Waals surface area contributed by atoms with Gasteiger partial charge in [0.15, 0.2) is 0 Å². The number of rotatable bonds is 4. The van der Waals surface area contributed by atoms with Crippen molar-refractivity contribution in [3.63, 3.8) is 0 Å². The second kappa shape index (κ2) is 6.11. The smallest absolute Gasteiger partial charge is 0.345 e. The van der Waals surface area contributed by atoms with Crippen LogP contribution in [0.2, 0.25) is 0 Å². The number of alkyl halides is 6. The maximum atomic E-state index is 13.3. The average molecular weight is 361 g/mol. The summed E-state index contributed by atoms with van der Waals surface area (Å²) >= 11 is 0. The Kier molecular flexibility index (Phi) is 4.37. The van der Waals surface area contributed by atoms with Crippen LogP contribution < -0.4 is 0 Å². The van der Waals surface area contributed by atoms with Crippen LogP contribution in [0.4, 0.5) is 26.3 Å². The van der Waals surface area contributed by atoms with Gasteiger partial charge in [0.1, 0.15) is 0 Å². The minimum Gasteiger partial charge on any atom is -0.345 e. The van der Waals surface area contributed by atoms with Crippen LogP contribution in [0.15, 0.2) is 30.3 Å². The second-order valence-corrected chi connectivity index (χ2v) is 6.50. The van der Waals surface area contributed by atoms with Gasteiger partial charge < -0.3 is 4.57 Å². The number of hydrogen-bond donors (Lipinski definition) is 0. The second-order valence-electron chi connectivity index (χ2n) is 6.50. The van der Waals surface area contributed by atoms with Gasteiger partial charge in [0.25, 0.3) is 0 Å². The molecule has 0 unspecified atom stereocenters. The molecule has 2 aromatic rings. The highest BCUT2D eigenvalue weighted by molar-refractivity contribution is 5.67. The molecule has 0 radical (unpaired) electrons. The molecule has 1 aliphatic carbocycles. The molecule has 1 aromatic carbocycles. The summed E-state index contributed by atoms with van der Waals surface area (Å²) < 4.78 is 80.7. The van der Waals surface area contributed by atoms with E-state index in [9.17, 15) is 26.3 Å². The van der Waals surface area contributed by atoms with Gasteiger partial charge >= 0.3 is 12.4 Å². The average Bonchev–Trinajstić information content (AvgIpc) is 3.25. The first-order valence-corrected chi connectivity index (χ1v) is 8.02. The van der Waals surface area contributed by atoms with Gasteiger partial charge in [-0.1, -0.05) is 12.8 Å². The van der Waals surface area contributed by atoms with E-state index < -0.39 is 29.0 Å². The molecule has 3 rings (SSSR count). The van der Waals surface area contributed by atoms with E-state index >= 15 is 0 Å². The fourth-order valence-electron chi connectivity index (χ4n) is 3.00. The first-order chi connectivity index (χ1) is 11.6. The number of aryl methyl sites for hydroxylation is 1. The topological polar surface area (TPSA) is 4.93 Å². The predicted molar refractivity (Wildman–Crippen MR) is 82.0 cm³/mol. The lowest BCUT2D eigenvalue weighted by Gasteiger charge is -2.18. The molecule has 1 fully saturated rings. The van der Waals surface area contributed by atoms with E-state index in [0.29, 0.717) is 30.7 Å². The first kappa shape index (κ1) is 17.9. The van der Waals surface area contributed by atoms with Gasteiger partial charge in [-0.25, -0.2) is 0 Å². The molecule has 136 valence electrons. The maximum absolute atomic E-state index is 13.3. The van der Waals surface area contributed by atoms with Crippen molar-refractivity contribution in [1.82, 2.24) is 4.57 Å². The first-order valence-electron chi connectivity index (χ1n) is 8.02. The summed E-state index contributed by atoms with van der Waals surface area (Å²) in [5.74, 6) is 0.568. The molecule has 1 nitrogen and oxygen atoms in total. The van der Waals surface area contributed by atoms with Gasteiger partial charge in [-0.3, -0.25) is 0 Å². The molecule has 1 aliphatic rings. The predicted octanol–water partition coefficient (Wildman–Crippen LogP) is 6.30. The SMILES string of the molecule is Cc1ccc(-c2cc(C(F)(F)F)ccc2C(F)(F)F)n1CCC1CC1. The van der Waals surface area contributed by atoms with Crippen LogP contribution in [0, 0.1) is 12.8 Å². The Hall–Kier alpha value is -1.92. The lowest BCUT2D eigenvalue weighted by Crippen LogP contribution is -2.13. The van der Waals surface area contributed by atoms with Crippen LogP contribution in [0.25, 0.3) is 11.3 Å². The maximum Gasteiger partial charge on any atom is 0.417 e. The number of nitrogens with zero attached hydrogens (tertiary/aromatic N) is 1. The van der Waals surface area contributed by atoms with Crippen molar-refractivity contribution in [2.75, 3.05) is 0 Å². The van der Waals surface area contributed by atoms with Crippen molar-refractivity contribution in [3.05, 3.63) is 47.2 Å². The molecule has 0 saturated heterocycles. The van der Waals surface area contributed by atoms with Gasteiger partial charge in [-0.15, -0.1) is 0 Å². The van der Waals surface area contributed by atoms with Crippen molar-refractivity contribution in [2.24, 2.45) is 5.92 Å². The molecular formula is C18H17F6N. The molecule has 7 heteroatoms. The molecular weight excluding hydrogens is 344 g/mol. The Morgan fingerprint density at radius 3 is 2.20 bits per heavy atom. The number of hydrogen-bond acceptors (Lipinski definition) is 0. The van der Waals surface area contributed by atoms with Crippen LogP contribution in [0.1, 0.15) is 36.1 Å². The largest absolute Gasteiger partial charge is 0.417 e. The molecule has 1 heterocycles. The summed E-state index contributed by atoms with van der Waals surface area (Å²) in [5.41, 5.74) is -1.64. The van der Waals surface area contributed by atoms with Crippen LogP contribution in [-0.4, -0.2) is 4.57 Å². The third kappa shape index (κ3) is 3.85. The van der Waals surface area contributed by atoms with E-state index in [1.54, 1.807) is 17.6 Å². The Morgan fingerprint density at radius 2 is 1.64 bits per heavy atom. The quantitative estimate of drug-likeness (QED) is 0.563. The summed E-state index contributed by atoms with van der Waals surface area (Å²) in [6.45, 7) is 2.25. The molecule has 0 atom stereocenters. The Balaban J connectivity index is 2.11. The number of halogens is 6. The van der Waals surface area contributed by atoms with E-state index in [4.69, 9.17) is 0 Å². The minimum absolute atomic E-state index is 0.177. The van der Waals surface area contributed by atoms with E-state index in [-0.39, 0.29) is 5.69 Å². The minimum atomic E-state index is -4.72. The Morgan fingerprint density at radius 1 is 0.960 bits per heavy atom. The lowest BCUT2D eigenvalue weighted by molar-refractivity contribution is -0.141. The summed E-state index contributed by atoms with van der Waals surface area (Å²) in [4.78, 5) is 0. The van der Waals surface area contributed by atoms with Gasteiger partial charge in [-0.05, 0) is 49.6 Å². The molecule has 1 saturated carbocycles. The third-order valence-corrected chi connectivity index (χ3v) is 4.59. The van der Waals surface area contributed by atoms with E-state index in [0.717, 1.165) is 25.0 Å². The van der Waals surface area contributed by atoms with Crippen molar-refractivity contribution >= 4 is 0 Å². The van der Waals surface area contributed by atoms with Crippen molar-refractivity contribution in [3.8, 4) is 11.3 Å². The van der Waals surface area contributed by atoms with Crippen molar-refractivity contribution in [1.29, 1.82) is 0 Å². The van der Waals surface area contributed by atoms with Gasteiger partial charge in [0, 0.05) is 23.5 Å². The van der Waals surface area contributed by atoms with Crippen LogP contribution in [-0.2, 0) is 18.9 Å². The van der Waals surface area contributed by atoms with Crippen molar-refractivity contribution < 1.29 is 26.3 Å². The zero-order chi connectivity index (χ0) is 18.4. The highest BCUT2D eigenvalue weighted by Crippen LogP contribution is 2.41. The molecule has 0 spiro atoms. The normalized spacial score (nSPS) is 15.6. The molecule has 0 N–H and O–H groups in total. The molecule has 1 aromatic heterocycles. The monoisotopic (exact) mass is 361 g/mol. The molecule has 0 aliphatic heterocycles. The van der Waals surface area contributed by atoms with Crippen LogP contribution in [0.3, 0.4) is 0 Å². The molecule has 0 amide bonds. The summed E-state index contributed by atoms with van der Waals surface area (Å²) in [5, 5.41) is 0. The molecule has 0 bridgehead atoms. The highest BCUT2D eigenvalue weighted by atomic mass is 19.4. The van der Waals surface area contributed by atoms with Crippen LogP contribution in [0.5, 0.6) is 0 Å². The zero-order valence-corrected chi connectivity index (χ0v) is 13.5. The number of aromatic nitrogens is 1. The number of benzene rings is 1.